The van der Waals surface area contributed by atoms with Gasteiger partial charge in [0.05, 0.1) is 10.6 Å². The molecule has 104 valence electrons. The van der Waals surface area contributed by atoms with Crippen molar-refractivity contribution in [2.24, 2.45) is 0 Å². The maximum atomic E-state index is 10.9. The van der Waals surface area contributed by atoms with Crippen molar-refractivity contribution in [1.29, 1.82) is 0 Å². The molecule has 0 fully saturated rings. The van der Waals surface area contributed by atoms with Gasteiger partial charge in [0.25, 0.3) is 5.69 Å². The van der Waals surface area contributed by atoms with E-state index in [0.29, 0.717) is 17.8 Å². The molecule has 5 nitrogen and oxygen atoms in total. The topological polar surface area (TPSA) is 75.4 Å². The summed E-state index contributed by atoms with van der Waals surface area (Å²) in [7, 11) is 0. The summed E-state index contributed by atoms with van der Waals surface area (Å²) in [5.74, 6) is 0.193. The van der Waals surface area contributed by atoms with Gasteiger partial charge in [-0.1, -0.05) is 12.1 Å². The van der Waals surface area contributed by atoms with Gasteiger partial charge in [-0.25, -0.2) is 0 Å². The number of benzene rings is 2. The van der Waals surface area contributed by atoms with Crippen LogP contribution in [0.4, 0.5) is 11.4 Å². The zero-order chi connectivity index (χ0) is 14.7. The Balaban J connectivity index is 2.21. The number of phenols is 1. The molecule has 0 amide bonds. The summed E-state index contributed by atoms with van der Waals surface area (Å²) in [6, 6.07) is 10.1. The van der Waals surface area contributed by atoms with Crippen LogP contribution in [0.5, 0.6) is 5.75 Å². The van der Waals surface area contributed by atoms with Crippen molar-refractivity contribution in [3.05, 3.63) is 62.1 Å². The van der Waals surface area contributed by atoms with Crippen LogP contribution in [0.25, 0.3) is 0 Å². The second kappa shape index (κ2) is 5.92. The Kier molecular flexibility index (Phi) is 4.24. The summed E-state index contributed by atoms with van der Waals surface area (Å²) in [5.41, 5.74) is 2.21. The minimum Gasteiger partial charge on any atom is -0.508 e. The Morgan fingerprint density at radius 2 is 2.10 bits per heavy atom. The maximum absolute atomic E-state index is 10.9. The Morgan fingerprint density at radius 1 is 1.35 bits per heavy atom. The molecule has 0 saturated heterocycles. The van der Waals surface area contributed by atoms with Crippen molar-refractivity contribution < 1.29 is 10.0 Å². The molecule has 2 rings (SSSR count). The highest BCUT2D eigenvalue weighted by Gasteiger charge is 2.14. The normalized spacial score (nSPS) is 10.3. The number of halogens is 1. The van der Waals surface area contributed by atoms with E-state index in [1.807, 2.05) is 6.07 Å². The van der Waals surface area contributed by atoms with Gasteiger partial charge in [-0.3, -0.25) is 10.1 Å². The molecule has 0 atom stereocenters. The summed E-state index contributed by atoms with van der Waals surface area (Å²) in [4.78, 5) is 10.5. The van der Waals surface area contributed by atoms with Crippen molar-refractivity contribution in [1.82, 2.24) is 0 Å². The van der Waals surface area contributed by atoms with Gasteiger partial charge in [-0.05, 0) is 46.6 Å². The summed E-state index contributed by atoms with van der Waals surface area (Å²) in [5, 5.41) is 23.4. The Bertz CT molecular complexity index is 659. The van der Waals surface area contributed by atoms with Gasteiger partial charge in [-0.2, -0.15) is 0 Å². The van der Waals surface area contributed by atoms with Gasteiger partial charge in [0.15, 0.2) is 0 Å². The average Bonchev–Trinajstić information content (AvgIpc) is 2.37. The second-order valence-electron chi connectivity index (χ2n) is 4.40. The molecule has 0 unspecified atom stereocenters. The quantitative estimate of drug-likeness (QED) is 0.654. The first kappa shape index (κ1) is 14.3. The van der Waals surface area contributed by atoms with E-state index in [1.54, 1.807) is 31.2 Å². The molecule has 2 aromatic carbocycles. The highest BCUT2D eigenvalue weighted by molar-refractivity contribution is 9.10. The number of nitrogens with one attached hydrogen (secondary N) is 1. The van der Waals surface area contributed by atoms with Gasteiger partial charge >= 0.3 is 0 Å². The molecule has 20 heavy (non-hydrogen) atoms. The number of hydrogen-bond donors (Lipinski definition) is 2. The number of aryl methyl sites for hydroxylation is 1. The number of nitrogens with zero attached hydrogens (tertiary/aromatic N) is 1. The predicted molar refractivity (Wildman–Crippen MR) is 81.0 cm³/mol. The second-order valence-corrected chi connectivity index (χ2v) is 5.25. The number of rotatable bonds is 4. The van der Waals surface area contributed by atoms with Crippen LogP contribution < -0.4 is 5.32 Å². The lowest BCUT2D eigenvalue weighted by atomic mass is 10.1. The standard InChI is InChI=1S/C14H13BrN2O3/c1-9-5-12(15)13(7-14(9)17(19)20)16-8-10-3-2-4-11(18)6-10/h2-7,16,18H,8H2,1H3. The van der Waals surface area contributed by atoms with Crippen LogP contribution in [-0.2, 0) is 6.54 Å². The fourth-order valence-corrected chi connectivity index (χ4v) is 2.46. The van der Waals surface area contributed by atoms with E-state index in [2.05, 4.69) is 21.2 Å². The van der Waals surface area contributed by atoms with Crippen LogP contribution in [0.1, 0.15) is 11.1 Å². The van der Waals surface area contributed by atoms with Gasteiger partial charge in [0.1, 0.15) is 5.75 Å². The fourth-order valence-electron chi connectivity index (χ4n) is 1.86. The van der Waals surface area contributed by atoms with Crippen LogP contribution in [0.3, 0.4) is 0 Å². The predicted octanol–water partition coefficient (Wildman–Crippen LogP) is 3.98. The van der Waals surface area contributed by atoms with Crippen LogP contribution in [-0.4, -0.2) is 10.0 Å². The molecule has 0 saturated carbocycles. The van der Waals surface area contributed by atoms with Gasteiger partial charge in [-0.15, -0.1) is 0 Å². The molecular formula is C14H13BrN2O3. The number of nitro groups is 1. The van der Waals surface area contributed by atoms with Gasteiger partial charge < -0.3 is 10.4 Å². The molecule has 0 aliphatic heterocycles. The molecule has 0 aliphatic carbocycles. The van der Waals surface area contributed by atoms with E-state index < -0.39 is 4.92 Å². The molecule has 0 aromatic heterocycles. The van der Waals surface area contributed by atoms with Crippen molar-refractivity contribution in [2.75, 3.05) is 5.32 Å². The van der Waals surface area contributed by atoms with Crippen molar-refractivity contribution >= 4 is 27.3 Å². The molecular weight excluding hydrogens is 324 g/mol. The maximum Gasteiger partial charge on any atom is 0.274 e. The fraction of sp³-hybridized carbons (Fsp3) is 0.143. The van der Waals surface area contributed by atoms with Gasteiger partial charge in [0.2, 0.25) is 0 Å². The average molecular weight is 337 g/mol. The number of hydrogen-bond acceptors (Lipinski definition) is 4. The molecule has 6 heteroatoms. The smallest absolute Gasteiger partial charge is 0.274 e. The van der Waals surface area contributed by atoms with E-state index >= 15 is 0 Å². The molecule has 0 aliphatic rings. The number of aromatic hydroxyl groups is 1. The summed E-state index contributed by atoms with van der Waals surface area (Å²) < 4.78 is 0.765. The Labute approximate surface area is 124 Å². The highest BCUT2D eigenvalue weighted by atomic mass is 79.9. The number of nitro benzene ring substituents is 1. The van der Waals surface area contributed by atoms with Crippen LogP contribution >= 0.6 is 15.9 Å². The third-order valence-corrected chi connectivity index (χ3v) is 3.53. The molecule has 2 N–H and O–H groups in total. The zero-order valence-electron chi connectivity index (χ0n) is 10.8. The highest BCUT2D eigenvalue weighted by Crippen LogP contribution is 2.31. The first-order valence-corrected chi connectivity index (χ1v) is 6.73. The van der Waals surface area contributed by atoms with Crippen LogP contribution in [0, 0.1) is 17.0 Å². The SMILES string of the molecule is Cc1cc(Br)c(NCc2cccc(O)c2)cc1[N+](=O)[O-]. The van der Waals surface area contributed by atoms with Crippen LogP contribution in [0.15, 0.2) is 40.9 Å². The number of anilines is 1. The molecule has 0 bridgehead atoms. The molecule has 0 heterocycles. The lowest BCUT2D eigenvalue weighted by Gasteiger charge is -2.10. The van der Waals surface area contributed by atoms with E-state index in [1.165, 1.54) is 6.07 Å². The third-order valence-electron chi connectivity index (χ3n) is 2.88. The van der Waals surface area contributed by atoms with Crippen molar-refractivity contribution in [3.8, 4) is 5.75 Å². The largest absolute Gasteiger partial charge is 0.508 e. The lowest BCUT2D eigenvalue weighted by molar-refractivity contribution is -0.385. The molecule has 0 radical (unpaired) electrons. The number of phenolic OH excluding ortho intramolecular Hbond substituents is 1. The van der Waals surface area contributed by atoms with E-state index in [9.17, 15) is 15.2 Å². The molecule has 0 spiro atoms. The monoisotopic (exact) mass is 336 g/mol. The summed E-state index contributed by atoms with van der Waals surface area (Å²) in [6.07, 6.45) is 0. The first-order valence-electron chi connectivity index (χ1n) is 5.93. The Hall–Kier alpha value is -2.08. The zero-order valence-corrected chi connectivity index (χ0v) is 12.3. The summed E-state index contributed by atoms with van der Waals surface area (Å²) >= 11 is 3.38. The van der Waals surface area contributed by atoms with E-state index in [0.717, 1.165) is 10.0 Å². The van der Waals surface area contributed by atoms with E-state index in [-0.39, 0.29) is 11.4 Å². The Morgan fingerprint density at radius 3 is 2.75 bits per heavy atom. The first-order chi connectivity index (χ1) is 9.47. The third kappa shape index (κ3) is 3.27. The van der Waals surface area contributed by atoms with E-state index in [4.69, 9.17) is 0 Å². The van der Waals surface area contributed by atoms with Gasteiger partial charge in [0, 0.05) is 22.6 Å². The van der Waals surface area contributed by atoms with Crippen LogP contribution in [0.2, 0.25) is 0 Å². The van der Waals surface area contributed by atoms with Crippen molar-refractivity contribution in [3.63, 3.8) is 0 Å². The lowest BCUT2D eigenvalue weighted by Crippen LogP contribution is -2.02. The summed E-state index contributed by atoms with van der Waals surface area (Å²) in [6.45, 7) is 2.16. The van der Waals surface area contributed by atoms with Crippen molar-refractivity contribution in [2.45, 2.75) is 13.5 Å². The minimum absolute atomic E-state index is 0.0756. The minimum atomic E-state index is -0.401. The molecule has 2 aromatic rings.